The quantitative estimate of drug-likeness (QED) is 0.788. The van der Waals surface area contributed by atoms with Crippen LogP contribution in [0.1, 0.15) is 12.8 Å². The number of hydrogen-bond donors (Lipinski definition) is 2. The summed E-state index contributed by atoms with van der Waals surface area (Å²) in [4.78, 5) is 2.14. The molecule has 3 rings (SSSR count). The molecule has 2 aliphatic rings. The van der Waals surface area contributed by atoms with Gasteiger partial charge in [0.15, 0.2) is 0 Å². The van der Waals surface area contributed by atoms with E-state index in [4.69, 9.17) is 5.73 Å². The summed E-state index contributed by atoms with van der Waals surface area (Å²) < 4.78 is 28.5. The highest BCUT2D eigenvalue weighted by atomic mass is 32.2. The van der Waals surface area contributed by atoms with E-state index in [2.05, 4.69) is 9.62 Å². The lowest BCUT2D eigenvalue weighted by atomic mass is 10.2. The fourth-order valence-electron chi connectivity index (χ4n) is 2.43. The minimum absolute atomic E-state index is 0.155. The maximum absolute atomic E-state index is 12.1. The molecule has 1 heterocycles. The molecule has 0 amide bonds. The molecule has 20 heavy (non-hydrogen) atoms. The second-order valence-electron chi connectivity index (χ2n) is 5.34. The van der Waals surface area contributed by atoms with Crippen LogP contribution in [0.4, 0.5) is 11.4 Å². The molecule has 1 saturated heterocycles. The van der Waals surface area contributed by atoms with E-state index in [9.17, 15) is 8.42 Å². The van der Waals surface area contributed by atoms with Crippen molar-refractivity contribution in [2.45, 2.75) is 18.9 Å². The van der Waals surface area contributed by atoms with Crippen LogP contribution in [0.15, 0.2) is 24.3 Å². The van der Waals surface area contributed by atoms with Crippen molar-refractivity contribution in [1.29, 1.82) is 0 Å². The number of benzene rings is 1. The van der Waals surface area contributed by atoms with Crippen molar-refractivity contribution >= 4 is 21.6 Å². The normalized spacial score (nSPS) is 21.1. The molecule has 0 atom stereocenters. The highest BCUT2D eigenvalue weighted by Crippen LogP contribution is 2.25. The monoisotopic (exact) mass is 296 g/mol. The topological polar surface area (TPSA) is 78.7 Å². The Morgan fingerprint density at radius 3 is 2.35 bits per heavy atom. The molecule has 0 aromatic heterocycles. The molecule has 1 aliphatic heterocycles. The lowest BCUT2D eigenvalue weighted by molar-refractivity contribution is 0.378. The number of nitrogens with zero attached hydrogens (tertiary/aromatic N) is 2. The van der Waals surface area contributed by atoms with E-state index in [1.165, 1.54) is 4.31 Å². The predicted molar refractivity (Wildman–Crippen MR) is 79.7 cm³/mol. The van der Waals surface area contributed by atoms with Gasteiger partial charge in [0.25, 0.3) is 10.2 Å². The van der Waals surface area contributed by atoms with Crippen molar-refractivity contribution < 1.29 is 8.42 Å². The minimum Gasteiger partial charge on any atom is -0.397 e. The zero-order valence-corrected chi connectivity index (χ0v) is 12.1. The molecule has 0 unspecified atom stereocenters. The Labute approximate surface area is 119 Å². The molecule has 0 radical (unpaired) electrons. The largest absolute Gasteiger partial charge is 0.397 e. The van der Waals surface area contributed by atoms with Gasteiger partial charge in [-0.25, -0.2) is 0 Å². The first-order chi connectivity index (χ1) is 9.56. The molecule has 0 bridgehead atoms. The molecule has 3 N–H and O–H groups in total. The first-order valence-corrected chi connectivity index (χ1v) is 8.37. The predicted octanol–water partition coefficient (Wildman–Crippen LogP) is 0.388. The van der Waals surface area contributed by atoms with E-state index in [1.54, 1.807) is 0 Å². The third-order valence-electron chi connectivity index (χ3n) is 3.75. The summed E-state index contributed by atoms with van der Waals surface area (Å²) in [6.45, 7) is 2.33. The number of nitrogen functional groups attached to an aromatic ring is 1. The first kappa shape index (κ1) is 13.7. The first-order valence-electron chi connectivity index (χ1n) is 6.93. The van der Waals surface area contributed by atoms with Gasteiger partial charge >= 0.3 is 0 Å². The zero-order valence-electron chi connectivity index (χ0n) is 11.3. The van der Waals surface area contributed by atoms with E-state index in [0.717, 1.165) is 24.2 Å². The maximum atomic E-state index is 12.1. The number of rotatable bonds is 4. The third kappa shape index (κ3) is 2.89. The van der Waals surface area contributed by atoms with E-state index >= 15 is 0 Å². The Kier molecular flexibility index (Phi) is 3.57. The Bertz CT molecular complexity index is 578. The van der Waals surface area contributed by atoms with Crippen LogP contribution in [0.2, 0.25) is 0 Å². The third-order valence-corrected chi connectivity index (χ3v) is 5.43. The lowest BCUT2D eigenvalue weighted by Gasteiger charge is -2.35. The van der Waals surface area contributed by atoms with Gasteiger partial charge < -0.3 is 10.6 Å². The second kappa shape index (κ2) is 5.23. The molecule has 1 aromatic rings. The van der Waals surface area contributed by atoms with Crippen LogP contribution in [-0.4, -0.2) is 44.9 Å². The van der Waals surface area contributed by atoms with Gasteiger partial charge in [0.1, 0.15) is 0 Å². The Morgan fingerprint density at radius 2 is 1.75 bits per heavy atom. The Hall–Kier alpha value is -1.31. The van der Waals surface area contributed by atoms with Crippen molar-refractivity contribution in [1.82, 2.24) is 9.03 Å². The summed E-state index contributed by atoms with van der Waals surface area (Å²) in [6, 6.07) is 7.85. The van der Waals surface area contributed by atoms with Crippen LogP contribution in [0.5, 0.6) is 0 Å². The van der Waals surface area contributed by atoms with Crippen LogP contribution in [0.25, 0.3) is 0 Å². The molecular weight excluding hydrogens is 276 g/mol. The summed E-state index contributed by atoms with van der Waals surface area (Å²) in [7, 11) is -3.31. The molecule has 110 valence electrons. The smallest absolute Gasteiger partial charge is 0.279 e. The molecular formula is C13H20N4O2S. The van der Waals surface area contributed by atoms with Crippen LogP contribution < -0.4 is 15.4 Å². The summed E-state index contributed by atoms with van der Waals surface area (Å²) in [5, 5.41) is 0. The standard InChI is InChI=1S/C13H20N4O2S/c14-12-3-1-2-4-13(12)16-7-9-17(10-8-16)20(18,19)15-11-5-6-11/h1-4,11,15H,5-10,14H2. The highest BCUT2D eigenvalue weighted by molar-refractivity contribution is 7.87. The number of nitrogens with one attached hydrogen (secondary N) is 1. The van der Waals surface area contributed by atoms with Gasteiger partial charge in [-0.2, -0.15) is 17.4 Å². The maximum Gasteiger partial charge on any atom is 0.279 e. The van der Waals surface area contributed by atoms with Gasteiger partial charge in [-0.15, -0.1) is 0 Å². The van der Waals surface area contributed by atoms with Gasteiger partial charge in [0.2, 0.25) is 0 Å². The van der Waals surface area contributed by atoms with E-state index < -0.39 is 10.2 Å². The molecule has 1 saturated carbocycles. The molecule has 0 spiro atoms. The van der Waals surface area contributed by atoms with Crippen molar-refractivity contribution in [3.8, 4) is 0 Å². The number of para-hydroxylation sites is 2. The van der Waals surface area contributed by atoms with Crippen LogP contribution >= 0.6 is 0 Å². The average Bonchev–Trinajstić information content (AvgIpc) is 3.23. The van der Waals surface area contributed by atoms with Crippen molar-refractivity contribution in [2.75, 3.05) is 36.8 Å². The lowest BCUT2D eigenvalue weighted by Crippen LogP contribution is -2.52. The van der Waals surface area contributed by atoms with Crippen LogP contribution in [0, 0.1) is 0 Å². The van der Waals surface area contributed by atoms with E-state index in [0.29, 0.717) is 26.2 Å². The van der Waals surface area contributed by atoms with Crippen LogP contribution in [0.3, 0.4) is 0 Å². The Morgan fingerprint density at radius 1 is 1.10 bits per heavy atom. The van der Waals surface area contributed by atoms with E-state index in [1.807, 2.05) is 24.3 Å². The molecule has 2 fully saturated rings. The number of piperazine rings is 1. The average molecular weight is 296 g/mol. The van der Waals surface area contributed by atoms with Crippen molar-refractivity contribution in [2.24, 2.45) is 0 Å². The highest BCUT2D eigenvalue weighted by Gasteiger charge is 2.32. The van der Waals surface area contributed by atoms with Gasteiger partial charge in [-0.05, 0) is 25.0 Å². The summed E-state index contributed by atoms with van der Waals surface area (Å²) >= 11 is 0. The summed E-state index contributed by atoms with van der Waals surface area (Å²) in [6.07, 6.45) is 1.92. The van der Waals surface area contributed by atoms with Gasteiger partial charge in [0, 0.05) is 32.2 Å². The molecule has 1 aliphatic carbocycles. The fourth-order valence-corrected chi connectivity index (χ4v) is 3.88. The second-order valence-corrected chi connectivity index (χ2v) is 7.04. The number of anilines is 2. The number of nitrogens with two attached hydrogens (primary N) is 1. The zero-order chi connectivity index (χ0) is 14.2. The SMILES string of the molecule is Nc1ccccc1N1CCN(S(=O)(=O)NC2CC2)CC1. The van der Waals surface area contributed by atoms with Gasteiger partial charge in [-0.1, -0.05) is 12.1 Å². The molecule has 6 nitrogen and oxygen atoms in total. The van der Waals surface area contributed by atoms with Crippen molar-refractivity contribution in [3.63, 3.8) is 0 Å². The minimum atomic E-state index is -3.31. The Balaban J connectivity index is 1.63. The van der Waals surface area contributed by atoms with Gasteiger partial charge in [0.05, 0.1) is 11.4 Å². The van der Waals surface area contributed by atoms with Crippen molar-refractivity contribution in [3.05, 3.63) is 24.3 Å². The van der Waals surface area contributed by atoms with Crippen LogP contribution in [-0.2, 0) is 10.2 Å². The summed E-state index contributed by atoms with van der Waals surface area (Å²) in [5.41, 5.74) is 7.68. The van der Waals surface area contributed by atoms with Gasteiger partial charge in [-0.3, -0.25) is 0 Å². The van der Waals surface area contributed by atoms with E-state index in [-0.39, 0.29) is 6.04 Å². The molecule has 1 aromatic carbocycles. The summed E-state index contributed by atoms with van der Waals surface area (Å²) in [5.74, 6) is 0. The number of hydrogen-bond acceptors (Lipinski definition) is 4. The molecule has 7 heteroatoms. The fraction of sp³-hybridized carbons (Fsp3) is 0.538.